The molecule has 4 nitrogen and oxygen atoms in total. The van der Waals surface area contributed by atoms with E-state index in [2.05, 4.69) is 17.7 Å². The predicted octanol–water partition coefficient (Wildman–Crippen LogP) is 3.15. The molecule has 1 fully saturated rings. The lowest BCUT2D eigenvalue weighted by atomic mass is 9.79. The summed E-state index contributed by atoms with van der Waals surface area (Å²) in [4.78, 5) is 0. The van der Waals surface area contributed by atoms with Crippen LogP contribution in [0.3, 0.4) is 0 Å². The molecule has 0 aromatic carbocycles. The molecule has 0 radical (unpaired) electrons. The summed E-state index contributed by atoms with van der Waals surface area (Å²) in [5.74, 6) is 0.544. The second-order valence-corrected chi connectivity index (χ2v) is 8.66. The van der Waals surface area contributed by atoms with Gasteiger partial charge in [-0.3, -0.25) is 0 Å². The molecule has 0 saturated heterocycles. The van der Waals surface area contributed by atoms with Crippen LogP contribution in [0.25, 0.3) is 0 Å². The zero-order valence-corrected chi connectivity index (χ0v) is 12.9. The molecule has 0 amide bonds. The summed E-state index contributed by atoms with van der Waals surface area (Å²) >= 11 is 6.76. The summed E-state index contributed by atoms with van der Waals surface area (Å²) in [5.41, 5.74) is -0.970. The van der Waals surface area contributed by atoms with Crippen molar-refractivity contribution in [3.05, 3.63) is 16.5 Å². The molecule has 1 N–H and O–H groups in total. The number of sulfonamides is 1. The summed E-state index contributed by atoms with van der Waals surface area (Å²) in [7, 11) is -3.67. The number of thiophene rings is 1. The minimum absolute atomic E-state index is 0.158. The summed E-state index contributed by atoms with van der Waals surface area (Å²) < 4.78 is 27.6. The summed E-state index contributed by atoms with van der Waals surface area (Å²) in [5, 5.41) is 9.34. The highest BCUT2D eigenvalue weighted by atomic mass is 35.5. The predicted molar refractivity (Wildman–Crippen MR) is 75.6 cm³/mol. The normalized spacial score (nSPS) is 27.9. The Morgan fingerprint density at radius 2 is 2.11 bits per heavy atom. The maximum Gasteiger partial charge on any atom is 0.251 e. The van der Waals surface area contributed by atoms with Gasteiger partial charge in [-0.25, -0.2) is 8.42 Å². The third-order valence-corrected chi connectivity index (χ3v) is 6.74. The maximum absolute atomic E-state index is 12.2. The van der Waals surface area contributed by atoms with Crippen LogP contribution in [0.5, 0.6) is 0 Å². The van der Waals surface area contributed by atoms with E-state index in [4.69, 9.17) is 11.6 Å². The topological polar surface area (TPSA) is 70.0 Å². The van der Waals surface area contributed by atoms with E-state index in [0.29, 0.717) is 23.1 Å². The first-order chi connectivity index (χ1) is 8.87. The number of hydrogen-bond acceptors (Lipinski definition) is 4. The Bertz CT molecular complexity index is 595. The van der Waals surface area contributed by atoms with Crippen molar-refractivity contribution in [3.8, 4) is 6.07 Å². The number of nitriles is 1. The summed E-state index contributed by atoms with van der Waals surface area (Å²) in [6, 6.07) is 5.16. The molecule has 1 aromatic rings. The van der Waals surface area contributed by atoms with Gasteiger partial charge in [-0.15, -0.1) is 11.3 Å². The Kier molecular flexibility index (Phi) is 4.21. The first kappa shape index (κ1) is 14.8. The molecule has 19 heavy (non-hydrogen) atoms. The molecule has 0 atom stereocenters. The molecule has 7 heteroatoms. The van der Waals surface area contributed by atoms with Gasteiger partial charge in [0.1, 0.15) is 9.75 Å². The van der Waals surface area contributed by atoms with Gasteiger partial charge in [-0.05, 0) is 43.7 Å². The fourth-order valence-electron chi connectivity index (χ4n) is 2.24. The van der Waals surface area contributed by atoms with Crippen molar-refractivity contribution in [3.63, 3.8) is 0 Å². The van der Waals surface area contributed by atoms with Crippen LogP contribution in [0.15, 0.2) is 16.3 Å². The number of nitrogens with one attached hydrogen (secondary N) is 1. The van der Waals surface area contributed by atoms with Crippen molar-refractivity contribution in [2.45, 2.75) is 42.4 Å². The van der Waals surface area contributed by atoms with Crippen molar-refractivity contribution >= 4 is 33.0 Å². The van der Waals surface area contributed by atoms with Gasteiger partial charge >= 0.3 is 0 Å². The van der Waals surface area contributed by atoms with Crippen LogP contribution in [-0.4, -0.2) is 14.0 Å². The van der Waals surface area contributed by atoms with Gasteiger partial charge in [0.05, 0.1) is 10.4 Å². The molecule has 1 aliphatic rings. The molecule has 1 heterocycles. The molecule has 104 valence electrons. The average molecular weight is 319 g/mol. The monoisotopic (exact) mass is 318 g/mol. The zero-order chi connectivity index (χ0) is 14.1. The second kappa shape index (κ2) is 5.41. The Labute approximate surface area is 122 Å². The van der Waals surface area contributed by atoms with Gasteiger partial charge in [0, 0.05) is 0 Å². The quantitative estimate of drug-likeness (QED) is 0.930. The maximum atomic E-state index is 12.2. The van der Waals surface area contributed by atoms with E-state index in [9.17, 15) is 13.7 Å². The van der Waals surface area contributed by atoms with Gasteiger partial charge in [-0.1, -0.05) is 18.5 Å². The molecular weight excluding hydrogens is 304 g/mol. The minimum atomic E-state index is -3.67. The number of nitrogens with zero attached hydrogens (tertiary/aromatic N) is 1. The Balaban J connectivity index is 2.21. The lowest BCUT2D eigenvalue weighted by Gasteiger charge is -2.33. The number of halogens is 1. The summed E-state index contributed by atoms with van der Waals surface area (Å²) in [6.07, 6.45) is 2.84. The van der Waals surface area contributed by atoms with Crippen LogP contribution in [0.4, 0.5) is 0 Å². The van der Waals surface area contributed by atoms with Crippen molar-refractivity contribution in [1.82, 2.24) is 4.72 Å². The lowest BCUT2D eigenvalue weighted by molar-refractivity contribution is 0.278. The van der Waals surface area contributed by atoms with Gasteiger partial charge in [0.15, 0.2) is 0 Å². The molecule has 2 rings (SSSR count). The van der Waals surface area contributed by atoms with Crippen LogP contribution in [0, 0.1) is 17.2 Å². The van der Waals surface area contributed by atoms with E-state index in [0.717, 1.165) is 24.2 Å². The smallest absolute Gasteiger partial charge is 0.206 e. The number of rotatable bonds is 3. The fourth-order valence-corrected chi connectivity index (χ4v) is 5.10. The second-order valence-electron chi connectivity index (χ2n) is 5.04. The van der Waals surface area contributed by atoms with Gasteiger partial charge in [-0.2, -0.15) is 9.98 Å². The van der Waals surface area contributed by atoms with Crippen molar-refractivity contribution < 1.29 is 8.42 Å². The minimum Gasteiger partial charge on any atom is -0.206 e. The molecule has 0 bridgehead atoms. The molecule has 0 spiro atoms. The third-order valence-electron chi connectivity index (χ3n) is 3.48. The molecule has 1 aromatic heterocycles. The Morgan fingerprint density at radius 1 is 1.47 bits per heavy atom. The largest absolute Gasteiger partial charge is 0.251 e. The lowest BCUT2D eigenvalue weighted by Crippen LogP contribution is -2.49. The van der Waals surface area contributed by atoms with E-state index in [1.165, 1.54) is 6.07 Å². The summed E-state index contributed by atoms with van der Waals surface area (Å²) in [6.45, 7) is 2.12. The van der Waals surface area contributed by atoms with Crippen LogP contribution in [0.1, 0.15) is 32.6 Å². The van der Waals surface area contributed by atoms with Crippen LogP contribution >= 0.6 is 22.9 Å². The van der Waals surface area contributed by atoms with Crippen molar-refractivity contribution in [1.29, 1.82) is 5.26 Å². The van der Waals surface area contributed by atoms with Gasteiger partial charge in [0.2, 0.25) is 0 Å². The first-order valence-corrected chi connectivity index (χ1v) is 8.75. The van der Waals surface area contributed by atoms with E-state index in [-0.39, 0.29) is 4.21 Å². The molecule has 0 aliphatic heterocycles. The molecule has 0 unspecified atom stereocenters. The highest BCUT2D eigenvalue weighted by Crippen LogP contribution is 2.34. The standard InChI is InChI=1S/C12H15ClN2O2S2/c1-9-4-6-12(8-14,7-5-9)15-19(16,17)11-3-2-10(13)18-11/h2-3,9,15H,4-7H2,1H3. The molecule has 1 aliphatic carbocycles. The molecule has 1 saturated carbocycles. The van der Waals surface area contributed by atoms with Crippen LogP contribution in [0.2, 0.25) is 4.34 Å². The fraction of sp³-hybridized carbons (Fsp3) is 0.583. The highest BCUT2D eigenvalue weighted by Gasteiger charge is 2.38. The SMILES string of the molecule is CC1CCC(C#N)(NS(=O)(=O)c2ccc(Cl)s2)CC1. The molecular formula is C12H15ClN2O2S2. The zero-order valence-electron chi connectivity index (χ0n) is 10.5. The van der Waals surface area contributed by atoms with Gasteiger partial charge < -0.3 is 0 Å². The highest BCUT2D eigenvalue weighted by molar-refractivity contribution is 7.91. The first-order valence-electron chi connectivity index (χ1n) is 6.07. The van der Waals surface area contributed by atoms with Crippen molar-refractivity contribution in [2.75, 3.05) is 0 Å². The van der Waals surface area contributed by atoms with Crippen LogP contribution < -0.4 is 4.72 Å². The third kappa shape index (κ3) is 3.29. The number of hydrogen-bond donors (Lipinski definition) is 1. The van der Waals surface area contributed by atoms with E-state index in [1.807, 2.05) is 0 Å². The Morgan fingerprint density at radius 3 is 2.58 bits per heavy atom. The Hall–Kier alpha value is -0.610. The van der Waals surface area contributed by atoms with E-state index < -0.39 is 15.6 Å². The van der Waals surface area contributed by atoms with Gasteiger partial charge in [0.25, 0.3) is 10.0 Å². The van der Waals surface area contributed by atoms with E-state index >= 15 is 0 Å². The van der Waals surface area contributed by atoms with E-state index in [1.54, 1.807) is 6.07 Å². The van der Waals surface area contributed by atoms with Crippen molar-refractivity contribution in [2.24, 2.45) is 5.92 Å². The van der Waals surface area contributed by atoms with Crippen LogP contribution in [-0.2, 0) is 10.0 Å². The average Bonchev–Trinajstić information content (AvgIpc) is 2.80.